The first-order chi connectivity index (χ1) is 9.08. The summed E-state index contributed by atoms with van der Waals surface area (Å²) in [5.41, 5.74) is 2.41. The van der Waals surface area contributed by atoms with E-state index >= 15 is 0 Å². The smallest absolute Gasteiger partial charge is 0.124 e. The van der Waals surface area contributed by atoms with E-state index < -0.39 is 0 Å². The van der Waals surface area contributed by atoms with Crippen molar-refractivity contribution in [1.82, 2.24) is 10.3 Å². The summed E-state index contributed by atoms with van der Waals surface area (Å²) in [6.07, 6.45) is 0. The van der Waals surface area contributed by atoms with Crippen LogP contribution in [0.4, 0.5) is 0 Å². The van der Waals surface area contributed by atoms with Gasteiger partial charge in [-0.2, -0.15) is 0 Å². The van der Waals surface area contributed by atoms with E-state index in [9.17, 15) is 10.2 Å². The highest BCUT2D eigenvalue weighted by Crippen LogP contribution is 2.32. The minimum absolute atomic E-state index is 0.0946. The van der Waals surface area contributed by atoms with E-state index in [1.807, 2.05) is 32.0 Å². The Labute approximate surface area is 112 Å². The van der Waals surface area contributed by atoms with E-state index in [0.29, 0.717) is 12.1 Å². The number of hydrogen-bond acceptors (Lipinski definition) is 4. The number of nitrogens with zero attached hydrogens (tertiary/aromatic N) is 1. The molecule has 4 nitrogen and oxygen atoms in total. The Hall–Kier alpha value is -2.07. The molecule has 1 heterocycles. The minimum atomic E-state index is -0.163. The minimum Gasteiger partial charge on any atom is -0.507 e. The van der Waals surface area contributed by atoms with E-state index in [1.165, 1.54) is 0 Å². The van der Waals surface area contributed by atoms with Crippen LogP contribution in [0.15, 0.2) is 36.4 Å². The van der Waals surface area contributed by atoms with Crippen LogP contribution in [-0.2, 0) is 6.54 Å². The summed E-state index contributed by atoms with van der Waals surface area (Å²) in [5, 5.41) is 22.8. The first kappa shape index (κ1) is 13.4. The highest BCUT2D eigenvalue weighted by Gasteiger charge is 2.14. The molecule has 1 aromatic carbocycles. The number of pyridine rings is 1. The zero-order valence-corrected chi connectivity index (χ0v) is 11.1. The Morgan fingerprint density at radius 3 is 2.37 bits per heavy atom. The van der Waals surface area contributed by atoms with E-state index in [2.05, 4.69) is 10.3 Å². The maximum atomic E-state index is 9.79. The lowest BCUT2D eigenvalue weighted by atomic mass is 10.1. The monoisotopic (exact) mass is 258 g/mol. The van der Waals surface area contributed by atoms with Gasteiger partial charge in [0, 0.05) is 18.3 Å². The fourth-order valence-electron chi connectivity index (χ4n) is 2.04. The molecule has 100 valence electrons. The molecule has 0 aliphatic rings. The average Bonchev–Trinajstić information content (AvgIpc) is 2.36. The van der Waals surface area contributed by atoms with Gasteiger partial charge >= 0.3 is 0 Å². The summed E-state index contributed by atoms with van der Waals surface area (Å²) < 4.78 is 0. The molecule has 0 aliphatic heterocycles. The Bertz CT molecular complexity index is 550. The Balaban J connectivity index is 2.07. The summed E-state index contributed by atoms with van der Waals surface area (Å²) in [6.45, 7) is 4.42. The van der Waals surface area contributed by atoms with Gasteiger partial charge in [-0.05, 0) is 38.1 Å². The molecule has 0 saturated heterocycles. The van der Waals surface area contributed by atoms with Crippen LogP contribution in [0.5, 0.6) is 11.5 Å². The van der Waals surface area contributed by atoms with Gasteiger partial charge in [-0.3, -0.25) is 4.98 Å². The van der Waals surface area contributed by atoms with E-state index in [4.69, 9.17) is 0 Å². The van der Waals surface area contributed by atoms with Crippen molar-refractivity contribution in [3.63, 3.8) is 0 Å². The van der Waals surface area contributed by atoms with E-state index in [-0.39, 0.29) is 17.5 Å². The number of aryl methyl sites for hydroxylation is 1. The van der Waals surface area contributed by atoms with Gasteiger partial charge in [0.25, 0.3) is 0 Å². The van der Waals surface area contributed by atoms with Crippen molar-refractivity contribution in [2.24, 2.45) is 0 Å². The Morgan fingerprint density at radius 1 is 1.11 bits per heavy atom. The van der Waals surface area contributed by atoms with Crippen LogP contribution in [-0.4, -0.2) is 15.2 Å². The van der Waals surface area contributed by atoms with Crippen LogP contribution in [0, 0.1) is 6.92 Å². The van der Waals surface area contributed by atoms with Crippen LogP contribution in [0.25, 0.3) is 0 Å². The van der Waals surface area contributed by atoms with Crippen molar-refractivity contribution in [1.29, 1.82) is 0 Å². The predicted molar refractivity (Wildman–Crippen MR) is 74.0 cm³/mol. The van der Waals surface area contributed by atoms with Gasteiger partial charge in [0.2, 0.25) is 0 Å². The molecule has 4 heteroatoms. The third kappa shape index (κ3) is 3.23. The fraction of sp³-hybridized carbons (Fsp3) is 0.267. The zero-order chi connectivity index (χ0) is 13.8. The van der Waals surface area contributed by atoms with Gasteiger partial charge in [-0.25, -0.2) is 0 Å². The van der Waals surface area contributed by atoms with Crippen molar-refractivity contribution in [3.05, 3.63) is 53.3 Å². The Morgan fingerprint density at radius 2 is 1.74 bits per heavy atom. The average molecular weight is 258 g/mol. The van der Waals surface area contributed by atoms with Crippen LogP contribution >= 0.6 is 0 Å². The van der Waals surface area contributed by atoms with Gasteiger partial charge in [-0.1, -0.05) is 12.1 Å². The van der Waals surface area contributed by atoms with Crippen LogP contribution in [0.1, 0.15) is 29.9 Å². The molecule has 0 radical (unpaired) electrons. The highest BCUT2D eigenvalue weighted by molar-refractivity contribution is 5.44. The van der Waals surface area contributed by atoms with Gasteiger partial charge in [0.05, 0.1) is 11.3 Å². The summed E-state index contributed by atoms with van der Waals surface area (Å²) in [4.78, 5) is 4.40. The van der Waals surface area contributed by atoms with Gasteiger partial charge in [0.15, 0.2) is 0 Å². The van der Waals surface area contributed by atoms with Crippen LogP contribution < -0.4 is 5.32 Å². The summed E-state index contributed by atoms with van der Waals surface area (Å²) in [6, 6.07) is 10.4. The molecule has 0 aliphatic carbocycles. The van der Waals surface area contributed by atoms with E-state index in [0.717, 1.165) is 11.4 Å². The molecule has 1 aromatic heterocycles. The number of hydrogen-bond donors (Lipinski definition) is 3. The number of rotatable bonds is 4. The lowest BCUT2D eigenvalue weighted by Gasteiger charge is -2.16. The molecular weight excluding hydrogens is 240 g/mol. The summed E-state index contributed by atoms with van der Waals surface area (Å²) in [5.74, 6) is 0.189. The third-order valence-electron chi connectivity index (χ3n) is 3.03. The predicted octanol–water partition coefficient (Wildman–Crippen LogP) is 2.65. The molecule has 0 saturated carbocycles. The molecular formula is C15H18N2O2. The number of phenolic OH excluding ortho intramolecular Hbond substituents is 2. The number of nitrogens with one attached hydrogen (secondary N) is 1. The SMILES string of the molecule is Cc1cccc(CNC(C)c2c(O)cccc2O)n1. The fourth-order valence-corrected chi connectivity index (χ4v) is 2.04. The van der Waals surface area contributed by atoms with Gasteiger partial charge < -0.3 is 15.5 Å². The molecule has 2 rings (SSSR count). The van der Waals surface area contributed by atoms with Crippen molar-refractivity contribution >= 4 is 0 Å². The van der Waals surface area contributed by atoms with Gasteiger partial charge in [0.1, 0.15) is 11.5 Å². The normalized spacial score (nSPS) is 12.3. The lowest BCUT2D eigenvalue weighted by molar-refractivity contribution is 0.418. The first-order valence-corrected chi connectivity index (χ1v) is 6.24. The maximum absolute atomic E-state index is 9.79. The molecule has 0 spiro atoms. The molecule has 19 heavy (non-hydrogen) atoms. The molecule has 3 N–H and O–H groups in total. The number of benzene rings is 1. The molecule has 0 bridgehead atoms. The van der Waals surface area contributed by atoms with Crippen molar-refractivity contribution in [3.8, 4) is 11.5 Å². The second-order valence-corrected chi connectivity index (χ2v) is 4.58. The molecule has 2 aromatic rings. The molecule has 1 unspecified atom stereocenters. The topological polar surface area (TPSA) is 65.4 Å². The van der Waals surface area contributed by atoms with Crippen molar-refractivity contribution < 1.29 is 10.2 Å². The quantitative estimate of drug-likeness (QED) is 0.788. The second-order valence-electron chi connectivity index (χ2n) is 4.58. The molecule has 1 atom stereocenters. The van der Waals surface area contributed by atoms with Crippen molar-refractivity contribution in [2.45, 2.75) is 26.4 Å². The first-order valence-electron chi connectivity index (χ1n) is 6.24. The van der Waals surface area contributed by atoms with Crippen molar-refractivity contribution in [2.75, 3.05) is 0 Å². The van der Waals surface area contributed by atoms with Crippen LogP contribution in [0.3, 0.4) is 0 Å². The van der Waals surface area contributed by atoms with Crippen LogP contribution in [0.2, 0.25) is 0 Å². The zero-order valence-electron chi connectivity index (χ0n) is 11.1. The number of aromatic nitrogens is 1. The third-order valence-corrected chi connectivity index (χ3v) is 3.03. The second kappa shape index (κ2) is 5.71. The highest BCUT2D eigenvalue weighted by atomic mass is 16.3. The Kier molecular flexibility index (Phi) is 4.02. The van der Waals surface area contributed by atoms with E-state index in [1.54, 1.807) is 18.2 Å². The lowest BCUT2D eigenvalue weighted by Crippen LogP contribution is -2.19. The number of phenols is 2. The molecule has 0 amide bonds. The summed E-state index contributed by atoms with van der Waals surface area (Å²) in [7, 11) is 0. The largest absolute Gasteiger partial charge is 0.507 e. The number of aromatic hydroxyl groups is 2. The molecule has 0 fully saturated rings. The summed E-state index contributed by atoms with van der Waals surface area (Å²) >= 11 is 0. The van der Waals surface area contributed by atoms with Gasteiger partial charge in [-0.15, -0.1) is 0 Å². The standard InChI is InChI=1S/C15H18N2O2/c1-10-5-3-6-12(17-10)9-16-11(2)15-13(18)7-4-8-14(15)19/h3-8,11,16,18-19H,9H2,1-2H3. The maximum Gasteiger partial charge on any atom is 0.124 e.